The van der Waals surface area contributed by atoms with Gasteiger partial charge in [0, 0.05) is 16.8 Å². The Morgan fingerprint density at radius 3 is 1.88 bits per heavy atom. The Kier molecular flexibility index (Phi) is 7.10. The van der Waals surface area contributed by atoms with Gasteiger partial charge < -0.3 is 5.32 Å². The van der Waals surface area contributed by atoms with Gasteiger partial charge in [0.05, 0.1) is 10.9 Å². The minimum Gasteiger partial charge on any atom is -0.345 e. The van der Waals surface area contributed by atoms with Gasteiger partial charge in [0.15, 0.2) is 5.78 Å². The van der Waals surface area contributed by atoms with Crippen LogP contribution in [0.25, 0.3) is 0 Å². The number of anilines is 1. The zero-order chi connectivity index (χ0) is 23.3. The summed E-state index contributed by atoms with van der Waals surface area (Å²) in [6.45, 7) is 5.50. The predicted molar refractivity (Wildman–Crippen MR) is 125 cm³/mol. The highest BCUT2D eigenvalue weighted by atomic mass is 32.2. The molecule has 0 saturated heterocycles. The molecule has 3 rings (SSSR count). The second-order valence-corrected chi connectivity index (χ2v) is 9.55. The van der Waals surface area contributed by atoms with Gasteiger partial charge in [-0.15, -0.1) is 0 Å². The lowest BCUT2D eigenvalue weighted by molar-refractivity contribution is 0.0925. The van der Waals surface area contributed by atoms with Crippen molar-refractivity contribution < 1.29 is 18.0 Å². The molecule has 1 unspecified atom stereocenters. The fraction of sp³-hybridized carbons (Fsp3) is 0.200. The number of sulfonamides is 1. The molecule has 0 aliphatic rings. The van der Waals surface area contributed by atoms with Crippen molar-refractivity contribution in [2.45, 2.75) is 31.7 Å². The van der Waals surface area contributed by atoms with Gasteiger partial charge in [0.25, 0.3) is 15.9 Å². The van der Waals surface area contributed by atoms with Gasteiger partial charge in [0.2, 0.25) is 0 Å². The second-order valence-electron chi connectivity index (χ2n) is 7.87. The number of carbonyl (C=O) groups excluding carboxylic acids is 2. The summed E-state index contributed by atoms with van der Waals surface area (Å²) in [5, 5.41) is 3.05. The maximum atomic E-state index is 12.8. The number of hydrogen-bond acceptors (Lipinski definition) is 4. The molecule has 0 fully saturated rings. The van der Waals surface area contributed by atoms with Crippen LogP contribution in [-0.2, 0) is 10.0 Å². The Hall–Kier alpha value is -3.45. The number of carbonyl (C=O) groups is 2. The van der Waals surface area contributed by atoms with Gasteiger partial charge in [-0.3, -0.25) is 14.3 Å². The molecule has 166 valence electrons. The Morgan fingerprint density at radius 2 is 1.34 bits per heavy atom. The molecule has 0 bridgehead atoms. The Bertz CT molecular complexity index is 1190. The summed E-state index contributed by atoms with van der Waals surface area (Å²) in [5.74, 6) is -0.175. The number of nitrogens with one attached hydrogen (secondary N) is 2. The van der Waals surface area contributed by atoms with E-state index in [9.17, 15) is 18.0 Å². The molecule has 2 N–H and O–H groups in total. The maximum absolute atomic E-state index is 12.8. The third kappa shape index (κ3) is 5.62. The van der Waals surface area contributed by atoms with E-state index in [4.69, 9.17) is 0 Å². The number of Topliss-reactive ketones (excluding diaryl/α,β-unsaturated/α-hetero) is 1. The van der Waals surface area contributed by atoms with E-state index in [1.165, 1.54) is 31.2 Å². The summed E-state index contributed by atoms with van der Waals surface area (Å²) >= 11 is 0. The first-order valence-corrected chi connectivity index (χ1v) is 11.8. The molecule has 0 heterocycles. The highest BCUT2D eigenvalue weighted by molar-refractivity contribution is 7.92. The Morgan fingerprint density at radius 1 is 0.781 bits per heavy atom. The summed E-state index contributed by atoms with van der Waals surface area (Å²) in [6.07, 6.45) is 0. The number of hydrogen-bond donors (Lipinski definition) is 2. The molecule has 0 spiro atoms. The maximum Gasteiger partial charge on any atom is 0.261 e. The van der Waals surface area contributed by atoms with Crippen LogP contribution in [0.2, 0.25) is 0 Å². The van der Waals surface area contributed by atoms with Crippen LogP contribution in [0.4, 0.5) is 5.69 Å². The van der Waals surface area contributed by atoms with Crippen molar-refractivity contribution in [3.8, 4) is 0 Å². The number of ketones is 1. The minimum atomic E-state index is -3.82. The topological polar surface area (TPSA) is 92.3 Å². The Balaban J connectivity index is 1.71. The first-order valence-electron chi connectivity index (χ1n) is 10.3. The van der Waals surface area contributed by atoms with Crippen LogP contribution < -0.4 is 10.0 Å². The van der Waals surface area contributed by atoms with E-state index in [1.807, 2.05) is 44.2 Å². The average molecular weight is 451 g/mol. The molecule has 1 amide bonds. The molecule has 3 aromatic carbocycles. The van der Waals surface area contributed by atoms with Gasteiger partial charge in [-0.05, 0) is 54.8 Å². The van der Waals surface area contributed by atoms with Crippen molar-refractivity contribution >= 4 is 27.4 Å². The predicted octanol–water partition coefficient (Wildman–Crippen LogP) is 4.82. The van der Waals surface area contributed by atoms with Crippen LogP contribution in [0.15, 0.2) is 83.8 Å². The van der Waals surface area contributed by atoms with Crippen LogP contribution in [-0.4, -0.2) is 20.1 Å². The van der Waals surface area contributed by atoms with E-state index in [1.54, 1.807) is 24.3 Å². The Labute approximate surface area is 188 Å². The van der Waals surface area contributed by atoms with Crippen LogP contribution >= 0.6 is 0 Å². The molecule has 3 aromatic rings. The normalized spacial score (nSPS) is 12.2. The number of benzene rings is 3. The molecule has 0 aliphatic heterocycles. The fourth-order valence-corrected chi connectivity index (χ4v) is 4.35. The van der Waals surface area contributed by atoms with Crippen LogP contribution in [0.3, 0.4) is 0 Å². The summed E-state index contributed by atoms with van der Waals surface area (Å²) in [4.78, 5) is 24.2. The molecule has 0 aliphatic carbocycles. The lowest BCUT2D eigenvalue weighted by atomic mass is 9.95. The monoisotopic (exact) mass is 450 g/mol. The van der Waals surface area contributed by atoms with Crippen molar-refractivity contribution in [2.75, 3.05) is 4.72 Å². The zero-order valence-electron chi connectivity index (χ0n) is 18.2. The first kappa shape index (κ1) is 23.2. The molecular weight excluding hydrogens is 424 g/mol. The van der Waals surface area contributed by atoms with Crippen molar-refractivity contribution in [3.05, 3.63) is 95.6 Å². The van der Waals surface area contributed by atoms with E-state index in [0.717, 1.165) is 5.56 Å². The van der Waals surface area contributed by atoms with Gasteiger partial charge in [-0.1, -0.05) is 56.3 Å². The SMILES string of the molecule is CC(=O)c1ccc(S(=O)(=O)Nc2ccc(C(=O)NC(c3ccccc3)C(C)C)cc2)cc1. The van der Waals surface area contributed by atoms with E-state index in [-0.39, 0.29) is 28.5 Å². The number of rotatable bonds is 8. The summed E-state index contributed by atoms with van der Waals surface area (Å²) in [6, 6.07) is 21.6. The van der Waals surface area contributed by atoms with Crippen molar-refractivity contribution in [1.82, 2.24) is 5.32 Å². The van der Waals surface area contributed by atoms with Crippen LogP contribution in [0.5, 0.6) is 0 Å². The molecule has 0 radical (unpaired) electrons. The molecule has 1 atom stereocenters. The van der Waals surface area contributed by atoms with E-state index < -0.39 is 10.0 Å². The lowest BCUT2D eigenvalue weighted by Gasteiger charge is -2.23. The summed E-state index contributed by atoms with van der Waals surface area (Å²) < 4.78 is 27.7. The second kappa shape index (κ2) is 9.78. The summed E-state index contributed by atoms with van der Waals surface area (Å²) in [7, 11) is -3.82. The third-order valence-electron chi connectivity index (χ3n) is 5.08. The van der Waals surface area contributed by atoms with E-state index in [2.05, 4.69) is 10.0 Å². The standard InChI is InChI=1S/C25H26N2O4S/c1-17(2)24(20-7-5-4-6-8-20)26-25(29)21-9-13-22(14-10-21)27-32(30,31)23-15-11-19(12-16-23)18(3)28/h4-17,24,27H,1-3H3,(H,26,29). The molecule has 0 aromatic heterocycles. The van der Waals surface area contributed by atoms with Gasteiger partial charge in [-0.2, -0.15) is 0 Å². The van der Waals surface area contributed by atoms with Crippen molar-refractivity contribution in [1.29, 1.82) is 0 Å². The molecule has 32 heavy (non-hydrogen) atoms. The summed E-state index contributed by atoms with van der Waals surface area (Å²) in [5.41, 5.74) is 2.23. The van der Waals surface area contributed by atoms with Gasteiger partial charge >= 0.3 is 0 Å². The van der Waals surface area contributed by atoms with E-state index in [0.29, 0.717) is 16.8 Å². The molecule has 6 nitrogen and oxygen atoms in total. The zero-order valence-corrected chi connectivity index (χ0v) is 19.0. The highest BCUT2D eigenvalue weighted by Gasteiger charge is 2.19. The molecular formula is C25H26N2O4S. The van der Waals surface area contributed by atoms with Crippen molar-refractivity contribution in [3.63, 3.8) is 0 Å². The van der Waals surface area contributed by atoms with E-state index >= 15 is 0 Å². The van der Waals surface area contributed by atoms with Crippen molar-refractivity contribution in [2.24, 2.45) is 5.92 Å². The fourth-order valence-electron chi connectivity index (χ4n) is 3.29. The minimum absolute atomic E-state index is 0.0481. The number of amides is 1. The van der Waals surface area contributed by atoms with Crippen LogP contribution in [0, 0.1) is 5.92 Å². The lowest BCUT2D eigenvalue weighted by Crippen LogP contribution is -2.31. The molecule has 7 heteroatoms. The highest BCUT2D eigenvalue weighted by Crippen LogP contribution is 2.23. The largest absolute Gasteiger partial charge is 0.345 e. The smallest absolute Gasteiger partial charge is 0.261 e. The van der Waals surface area contributed by atoms with Gasteiger partial charge in [0.1, 0.15) is 0 Å². The quantitative estimate of drug-likeness (QED) is 0.482. The van der Waals surface area contributed by atoms with Crippen LogP contribution in [0.1, 0.15) is 53.1 Å². The average Bonchev–Trinajstić information content (AvgIpc) is 2.78. The molecule has 0 saturated carbocycles. The van der Waals surface area contributed by atoms with Gasteiger partial charge in [-0.25, -0.2) is 8.42 Å². The third-order valence-corrected chi connectivity index (χ3v) is 6.48. The first-order chi connectivity index (χ1) is 15.2.